The van der Waals surface area contributed by atoms with Crippen LogP contribution < -0.4 is 0 Å². The molecule has 0 heterocycles. The van der Waals surface area contributed by atoms with E-state index < -0.39 is 0 Å². The van der Waals surface area contributed by atoms with Crippen molar-refractivity contribution in [1.29, 1.82) is 0 Å². The fourth-order valence-corrected chi connectivity index (χ4v) is 2.60. The molecular weight excluding hydrogens is 252 g/mol. The number of unbranched alkanes of at least 4 members (excludes halogenated alkanes) is 1. The van der Waals surface area contributed by atoms with Crippen molar-refractivity contribution in [3.05, 3.63) is 65.7 Å². The Morgan fingerprint density at radius 2 is 1.68 bits per heavy atom. The van der Waals surface area contributed by atoms with Crippen LogP contribution in [0.3, 0.4) is 0 Å². The van der Waals surface area contributed by atoms with Crippen LogP contribution in [-0.4, -0.2) is 5.12 Å². The average molecular weight is 270 g/mol. The molecule has 0 radical (unpaired) electrons. The minimum atomic E-state index is 0.105. The number of carbonyl (C=O) groups excluding carboxylic acids is 1. The summed E-state index contributed by atoms with van der Waals surface area (Å²) in [6, 6.07) is 17.8. The van der Waals surface area contributed by atoms with Crippen LogP contribution in [0.4, 0.5) is 0 Å². The fourth-order valence-electron chi connectivity index (χ4n) is 1.84. The Kier molecular flexibility index (Phi) is 5.22. The van der Waals surface area contributed by atoms with Crippen molar-refractivity contribution in [3.8, 4) is 0 Å². The van der Waals surface area contributed by atoms with Gasteiger partial charge in [-0.25, -0.2) is 0 Å². The summed E-state index contributed by atoms with van der Waals surface area (Å²) in [5, 5.41) is 0.105. The second kappa shape index (κ2) is 7.15. The molecule has 0 saturated heterocycles. The summed E-state index contributed by atoms with van der Waals surface area (Å²) < 4.78 is 0. The summed E-state index contributed by atoms with van der Waals surface area (Å²) in [7, 11) is 0. The molecule has 0 fully saturated rings. The van der Waals surface area contributed by atoms with Gasteiger partial charge in [-0.3, -0.25) is 4.79 Å². The first-order chi connectivity index (χ1) is 9.29. The van der Waals surface area contributed by atoms with Gasteiger partial charge >= 0.3 is 0 Å². The van der Waals surface area contributed by atoms with Crippen LogP contribution in [0, 0.1) is 0 Å². The molecule has 0 N–H and O–H groups in total. The summed E-state index contributed by atoms with van der Waals surface area (Å²) in [6.07, 6.45) is 3.49. The van der Waals surface area contributed by atoms with Gasteiger partial charge in [-0.2, -0.15) is 0 Å². The van der Waals surface area contributed by atoms with E-state index in [0.29, 0.717) is 0 Å². The van der Waals surface area contributed by atoms with E-state index in [1.54, 1.807) is 0 Å². The molecule has 0 bridgehead atoms. The molecule has 0 atom stereocenters. The lowest BCUT2D eigenvalue weighted by Crippen LogP contribution is -1.94. The molecule has 0 saturated carbocycles. The number of thioether (sulfide) groups is 1. The van der Waals surface area contributed by atoms with Crippen molar-refractivity contribution in [2.75, 3.05) is 0 Å². The van der Waals surface area contributed by atoms with Crippen LogP contribution in [0.2, 0.25) is 0 Å². The highest BCUT2D eigenvalue weighted by Gasteiger charge is 2.07. The smallest absolute Gasteiger partial charge is 0.224 e. The van der Waals surface area contributed by atoms with Gasteiger partial charge in [0.15, 0.2) is 0 Å². The minimum Gasteiger partial charge on any atom is -0.281 e. The van der Waals surface area contributed by atoms with Crippen molar-refractivity contribution in [2.45, 2.75) is 31.1 Å². The van der Waals surface area contributed by atoms with E-state index in [2.05, 4.69) is 19.1 Å². The lowest BCUT2D eigenvalue weighted by Gasteiger charge is -2.03. The maximum absolute atomic E-state index is 12.1. The molecule has 0 aliphatic carbocycles. The predicted octanol–water partition coefficient (Wildman–Crippen LogP) is 4.96. The van der Waals surface area contributed by atoms with Crippen molar-refractivity contribution in [1.82, 2.24) is 0 Å². The van der Waals surface area contributed by atoms with Gasteiger partial charge in [0.1, 0.15) is 0 Å². The normalized spacial score (nSPS) is 10.4. The third-order valence-electron chi connectivity index (χ3n) is 2.96. The van der Waals surface area contributed by atoms with Crippen molar-refractivity contribution in [3.63, 3.8) is 0 Å². The van der Waals surface area contributed by atoms with Crippen LogP contribution in [0.25, 0.3) is 0 Å². The van der Waals surface area contributed by atoms with Gasteiger partial charge in [0.25, 0.3) is 0 Å². The molecule has 0 aliphatic rings. The Balaban J connectivity index is 1.99. The molecule has 0 unspecified atom stereocenters. The molecule has 19 heavy (non-hydrogen) atoms. The van der Waals surface area contributed by atoms with E-state index in [-0.39, 0.29) is 5.12 Å². The molecule has 2 rings (SSSR count). The first-order valence-electron chi connectivity index (χ1n) is 6.66. The zero-order chi connectivity index (χ0) is 13.5. The van der Waals surface area contributed by atoms with Crippen LogP contribution >= 0.6 is 11.8 Å². The number of hydrogen-bond donors (Lipinski definition) is 0. The number of hydrogen-bond acceptors (Lipinski definition) is 2. The third-order valence-corrected chi connectivity index (χ3v) is 3.89. The highest BCUT2D eigenvalue weighted by atomic mass is 32.2. The minimum absolute atomic E-state index is 0.105. The predicted molar refractivity (Wildman–Crippen MR) is 81.7 cm³/mol. The Bertz CT molecular complexity index is 517. The topological polar surface area (TPSA) is 17.1 Å². The van der Waals surface area contributed by atoms with Gasteiger partial charge in [-0.1, -0.05) is 55.8 Å². The second-order valence-corrected chi connectivity index (χ2v) is 5.55. The van der Waals surface area contributed by atoms with E-state index in [1.807, 2.05) is 42.5 Å². The monoisotopic (exact) mass is 270 g/mol. The lowest BCUT2D eigenvalue weighted by molar-refractivity contribution is 0.108. The van der Waals surface area contributed by atoms with Crippen molar-refractivity contribution in [2.24, 2.45) is 0 Å². The zero-order valence-corrected chi connectivity index (χ0v) is 12.0. The van der Waals surface area contributed by atoms with Crippen LogP contribution in [0.5, 0.6) is 0 Å². The lowest BCUT2D eigenvalue weighted by atomic mass is 10.1. The van der Waals surface area contributed by atoms with Gasteiger partial charge < -0.3 is 0 Å². The van der Waals surface area contributed by atoms with E-state index >= 15 is 0 Å². The number of rotatable bonds is 5. The fraction of sp³-hybridized carbons (Fsp3) is 0.235. The molecule has 2 aromatic carbocycles. The van der Waals surface area contributed by atoms with E-state index in [9.17, 15) is 4.79 Å². The molecule has 0 spiro atoms. The Hall–Kier alpha value is -1.54. The highest BCUT2D eigenvalue weighted by Crippen LogP contribution is 2.22. The van der Waals surface area contributed by atoms with Gasteiger partial charge in [0.05, 0.1) is 0 Å². The Labute approximate surface area is 119 Å². The average Bonchev–Trinajstić information content (AvgIpc) is 2.46. The first-order valence-corrected chi connectivity index (χ1v) is 7.47. The van der Waals surface area contributed by atoms with Crippen LogP contribution in [-0.2, 0) is 6.42 Å². The van der Waals surface area contributed by atoms with Crippen LogP contribution in [0.1, 0.15) is 35.7 Å². The zero-order valence-electron chi connectivity index (χ0n) is 11.1. The third kappa shape index (κ3) is 4.25. The SMILES string of the molecule is CCCCc1ccc(C(=O)Sc2ccccc2)cc1. The molecule has 0 aliphatic heterocycles. The summed E-state index contributed by atoms with van der Waals surface area (Å²) in [6.45, 7) is 2.19. The molecule has 98 valence electrons. The van der Waals surface area contributed by atoms with Gasteiger partial charge in [0, 0.05) is 10.5 Å². The number of aryl methyl sites for hydroxylation is 1. The molecule has 0 aromatic heterocycles. The summed E-state index contributed by atoms with van der Waals surface area (Å²) in [4.78, 5) is 13.1. The number of carbonyl (C=O) groups is 1. The molecular formula is C17H18OS. The largest absolute Gasteiger partial charge is 0.281 e. The van der Waals surface area contributed by atoms with Gasteiger partial charge in [0.2, 0.25) is 5.12 Å². The maximum atomic E-state index is 12.1. The standard InChI is InChI=1S/C17H18OS/c1-2-3-7-14-10-12-15(13-11-14)17(18)19-16-8-5-4-6-9-16/h4-6,8-13H,2-3,7H2,1H3. The quantitative estimate of drug-likeness (QED) is 0.714. The maximum Gasteiger partial charge on any atom is 0.224 e. The van der Waals surface area contributed by atoms with Crippen LogP contribution in [0.15, 0.2) is 59.5 Å². The van der Waals surface area contributed by atoms with Gasteiger partial charge in [-0.15, -0.1) is 0 Å². The summed E-state index contributed by atoms with van der Waals surface area (Å²) >= 11 is 1.28. The number of benzene rings is 2. The van der Waals surface area contributed by atoms with Crippen molar-refractivity contribution >= 4 is 16.9 Å². The van der Waals surface area contributed by atoms with Gasteiger partial charge in [-0.05, 0) is 42.3 Å². The van der Waals surface area contributed by atoms with Crippen molar-refractivity contribution < 1.29 is 4.79 Å². The summed E-state index contributed by atoms with van der Waals surface area (Å²) in [5.74, 6) is 0. The Morgan fingerprint density at radius 1 is 1.00 bits per heavy atom. The van der Waals surface area contributed by atoms with E-state index in [4.69, 9.17) is 0 Å². The Morgan fingerprint density at radius 3 is 2.32 bits per heavy atom. The first kappa shape index (κ1) is 13.9. The molecule has 2 aromatic rings. The molecule has 2 heteroatoms. The van der Waals surface area contributed by atoms with E-state index in [0.717, 1.165) is 16.9 Å². The molecule has 1 nitrogen and oxygen atoms in total. The molecule has 0 amide bonds. The summed E-state index contributed by atoms with van der Waals surface area (Å²) in [5.41, 5.74) is 2.08. The second-order valence-electron chi connectivity index (χ2n) is 4.50. The highest BCUT2D eigenvalue weighted by molar-refractivity contribution is 8.14. The van der Waals surface area contributed by atoms with E-state index in [1.165, 1.54) is 30.2 Å².